The van der Waals surface area contributed by atoms with Crippen molar-refractivity contribution in [2.24, 2.45) is 0 Å². The molecule has 0 fully saturated rings. The van der Waals surface area contributed by atoms with Crippen LogP contribution in [0, 0.1) is 0 Å². The van der Waals surface area contributed by atoms with Gasteiger partial charge in [0, 0.05) is 11.8 Å². The normalized spacial score (nSPS) is 17.3. The maximum absolute atomic E-state index is 9.36. The van der Waals surface area contributed by atoms with Crippen LogP contribution in [0.25, 0.3) is 0 Å². The lowest BCUT2D eigenvalue weighted by molar-refractivity contribution is 0.174. The van der Waals surface area contributed by atoms with Crippen molar-refractivity contribution in [2.45, 2.75) is 45.3 Å². The lowest BCUT2D eigenvalue weighted by Gasteiger charge is -2.26. The summed E-state index contributed by atoms with van der Waals surface area (Å²) >= 11 is 0. The number of aliphatic hydroxyl groups is 1. The third-order valence-corrected chi connectivity index (χ3v) is 4.04. The third-order valence-electron chi connectivity index (χ3n) is 4.04. The summed E-state index contributed by atoms with van der Waals surface area (Å²) in [6, 6.07) is 12.3. The van der Waals surface area contributed by atoms with Gasteiger partial charge in [-0.15, -0.1) is 0 Å². The van der Waals surface area contributed by atoms with Crippen LogP contribution in [0.4, 0.5) is 0 Å². The molecule has 1 heterocycles. The molecular formula is C18H21NO2. The highest BCUT2D eigenvalue weighted by atomic mass is 16.5. The molecule has 0 aliphatic heterocycles. The number of aliphatic hydroxyl groups excluding tert-OH is 1. The Morgan fingerprint density at radius 1 is 1.29 bits per heavy atom. The molecule has 3 nitrogen and oxygen atoms in total. The van der Waals surface area contributed by atoms with Gasteiger partial charge >= 0.3 is 0 Å². The highest BCUT2D eigenvalue weighted by Crippen LogP contribution is 2.33. The van der Waals surface area contributed by atoms with E-state index in [1.807, 2.05) is 12.1 Å². The Labute approximate surface area is 125 Å². The van der Waals surface area contributed by atoms with Crippen LogP contribution in [-0.4, -0.2) is 10.1 Å². The SMILES string of the molecule is CCc1cc(CO)cc(OC2CCCc3ccccc32)n1. The summed E-state index contributed by atoms with van der Waals surface area (Å²) < 4.78 is 6.14. The summed E-state index contributed by atoms with van der Waals surface area (Å²) in [5.41, 5.74) is 4.47. The predicted molar refractivity (Wildman–Crippen MR) is 82.3 cm³/mol. The molecule has 1 N–H and O–H groups in total. The van der Waals surface area contributed by atoms with Gasteiger partial charge in [0.05, 0.1) is 6.61 Å². The fraction of sp³-hybridized carbons (Fsp3) is 0.389. The fourth-order valence-corrected chi connectivity index (χ4v) is 2.93. The zero-order valence-corrected chi connectivity index (χ0v) is 12.4. The van der Waals surface area contributed by atoms with Gasteiger partial charge in [-0.05, 0) is 48.4 Å². The van der Waals surface area contributed by atoms with Crippen molar-refractivity contribution >= 4 is 0 Å². The Balaban J connectivity index is 1.87. The number of pyridine rings is 1. The van der Waals surface area contributed by atoms with Gasteiger partial charge in [0.15, 0.2) is 0 Å². The fourth-order valence-electron chi connectivity index (χ4n) is 2.93. The van der Waals surface area contributed by atoms with E-state index in [9.17, 15) is 5.11 Å². The van der Waals surface area contributed by atoms with E-state index in [4.69, 9.17) is 4.74 Å². The van der Waals surface area contributed by atoms with E-state index in [0.29, 0.717) is 5.88 Å². The third kappa shape index (κ3) is 3.08. The van der Waals surface area contributed by atoms with Gasteiger partial charge in [0.1, 0.15) is 6.10 Å². The zero-order valence-electron chi connectivity index (χ0n) is 12.4. The van der Waals surface area contributed by atoms with Crippen molar-refractivity contribution in [3.8, 4) is 5.88 Å². The molecule has 1 aliphatic rings. The maximum atomic E-state index is 9.36. The van der Waals surface area contributed by atoms with Crippen LogP contribution < -0.4 is 4.74 Å². The Bertz CT molecular complexity index is 602. The van der Waals surface area contributed by atoms with Crippen LogP contribution in [-0.2, 0) is 19.4 Å². The molecule has 0 radical (unpaired) electrons. The number of benzene rings is 1. The van der Waals surface area contributed by atoms with E-state index in [1.165, 1.54) is 11.1 Å². The van der Waals surface area contributed by atoms with Crippen LogP contribution in [0.15, 0.2) is 36.4 Å². The number of ether oxygens (including phenoxy) is 1. The molecule has 3 heteroatoms. The van der Waals surface area contributed by atoms with Gasteiger partial charge in [0.2, 0.25) is 5.88 Å². The standard InChI is InChI=1S/C18H21NO2/c1-2-15-10-13(12-20)11-18(19-15)21-17-9-5-7-14-6-3-4-8-16(14)17/h3-4,6,8,10-11,17,20H,2,5,7,9,12H2,1H3. The molecule has 1 atom stereocenters. The van der Waals surface area contributed by atoms with Gasteiger partial charge in [0.25, 0.3) is 0 Å². The van der Waals surface area contributed by atoms with Crippen LogP contribution >= 0.6 is 0 Å². The summed E-state index contributed by atoms with van der Waals surface area (Å²) in [6.45, 7) is 2.08. The molecule has 0 saturated carbocycles. The number of aryl methyl sites for hydroxylation is 2. The molecule has 110 valence electrons. The molecule has 1 aromatic heterocycles. The second-order valence-electron chi connectivity index (χ2n) is 5.51. The molecule has 1 aliphatic carbocycles. The Morgan fingerprint density at radius 2 is 2.14 bits per heavy atom. The number of rotatable bonds is 4. The van der Waals surface area contributed by atoms with Crippen LogP contribution in [0.3, 0.4) is 0 Å². The van der Waals surface area contributed by atoms with Gasteiger partial charge < -0.3 is 9.84 Å². The van der Waals surface area contributed by atoms with Crippen molar-refractivity contribution in [1.29, 1.82) is 0 Å². The molecular weight excluding hydrogens is 262 g/mol. The molecule has 0 spiro atoms. The summed E-state index contributed by atoms with van der Waals surface area (Å²) in [6.07, 6.45) is 4.19. The van der Waals surface area contributed by atoms with Crippen molar-refractivity contribution in [3.05, 3.63) is 58.8 Å². The topological polar surface area (TPSA) is 42.4 Å². The number of aromatic nitrogens is 1. The van der Waals surface area contributed by atoms with Crippen molar-refractivity contribution in [1.82, 2.24) is 4.98 Å². The smallest absolute Gasteiger partial charge is 0.214 e. The first-order valence-corrected chi connectivity index (χ1v) is 7.65. The van der Waals surface area contributed by atoms with Crippen LogP contribution in [0.5, 0.6) is 5.88 Å². The second-order valence-corrected chi connectivity index (χ2v) is 5.51. The lowest BCUT2D eigenvalue weighted by atomic mass is 9.89. The molecule has 21 heavy (non-hydrogen) atoms. The number of fused-ring (bicyclic) bond motifs is 1. The predicted octanol–water partition coefficient (Wildman–Crippen LogP) is 3.59. The van der Waals surface area contributed by atoms with Crippen LogP contribution in [0.1, 0.15) is 48.3 Å². The average Bonchev–Trinajstić information content (AvgIpc) is 2.55. The molecule has 2 aromatic rings. The summed E-state index contributed by atoms with van der Waals surface area (Å²) in [4.78, 5) is 4.53. The molecule has 1 aromatic carbocycles. The summed E-state index contributed by atoms with van der Waals surface area (Å²) in [7, 11) is 0. The van der Waals surface area contributed by atoms with E-state index in [0.717, 1.165) is 36.9 Å². The number of hydrogen-bond donors (Lipinski definition) is 1. The van der Waals surface area contributed by atoms with Gasteiger partial charge in [-0.2, -0.15) is 0 Å². The zero-order chi connectivity index (χ0) is 14.7. The van der Waals surface area contributed by atoms with Gasteiger partial charge in [-0.1, -0.05) is 31.2 Å². The minimum Gasteiger partial charge on any atom is -0.469 e. The van der Waals surface area contributed by atoms with Crippen molar-refractivity contribution in [3.63, 3.8) is 0 Å². The first kappa shape index (κ1) is 14.1. The van der Waals surface area contributed by atoms with Gasteiger partial charge in [-0.25, -0.2) is 4.98 Å². The first-order chi connectivity index (χ1) is 10.3. The minimum absolute atomic E-state index is 0.0210. The molecule has 0 amide bonds. The van der Waals surface area contributed by atoms with E-state index >= 15 is 0 Å². The Morgan fingerprint density at radius 3 is 2.95 bits per heavy atom. The second kappa shape index (κ2) is 6.27. The van der Waals surface area contributed by atoms with Crippen molar-refractivity contribution in [2.75, 3.05) is 0 Å². The highest BCUT2D eigenvalue weighted by molar-refractivity contribution is 5.33. The Hall–Kier alpha value is -1.87. The quantitative estimate of drug-likeness (QED) is 0.932. The molecule has 0 saturated heterocycles. The van der Waals surface area contributed by atoms with Crippen molar-refractivity contribution < 1.29 is 9.84 Å². The number of nitrogens with zero attached hydrogens (tertiary/aromatic N) is 1. The molecule has 0 bridgehead atoms. The minimum atomic E-state index is 0.0210. The summed E-state index contributed by atoms with van der Waals surface area (Å²) in [5, 5.41) is 9.36. The van der Waals surface area contributed by atoms with E-state index in [2.05, 4.69) is 36.2 Å². The first-order valence-electron chi connectivity index (χ1n) is 7.65. The lowest BCUT2D eigenvalue weighted by Crippen LogP contribution is -2.16. The van der Waals surface area contributed by atoms with Crippen LogP contribution in [0.2, 0.25) is 0 Å². The molecule has 1 unspecified atom stereocenters. The van der Waals surface area contributed by atoms with E-state index in [1.54, 1.807) is 0 Å². The Kier molecular flexibility index (Phi) is 4.20. The monoisotopic (exact) mass is 283 g/mol. The molecule has 3 rings (SSSR count). The van der Waals surface area contributed by atoms with E-state index < -0.39 is 0 Å². The number of hydrogen-bond acceptors (Lipinski definition) is 3. The average molecular weight is 283 g/mol. The maximum Gasteiger partial charge on any atom is 0.214 e. The van der Waals surface area contributed by atoms with Gasteiger partial charge in [-0.3, -0.25) is 0 Å². The summed E-state index contributed by atoms with van der Waals surface area (Å²) in [5.74, 6) is 0.625. The highest BCUT2D eigenvalue weighted by Gasteiger charge is 2.21. The van der Waals surface area contributed by atoms with E-state index in [-0.39, 0.29) is 12.7 Å². The largest absolute Gasteiger partial charge is 0.469 e.